The summed E-state index contributed by atoms with van der Waals surface area (Å²) in [6, 6.07) is 16.0. The van der Waals surface area contributed by atoms with Crippen LogP contribution in [-0.2, 0) is 11.8 Å². The lowest BCUT2D eigenvalue weighted by Crippen LogP contribution is -2.14. The number of carbonyl (C=O) groups excluding carboxylic acids is 1. The molecule has 1 amide bonds. The number of amides is 1. The third-order valence-corrected chi connectivity index (χ3v) is 6.10. The lowest BCUT2D eigenvalue weighted by molar-refractivity contribution is -0.113. The lowest BCUT2D eigenvalue weighted by atomic mass is 10.1. The fraction of sp³-hybridized carbons (Fsp3) is 0.150. The third-order valence-electron chi connectivity index (χ3n) is 4.22. The van der Waals surface area contributed by atoms with Crippen molar-refractivity contribution >= 4 is 45.5 Å². The summed E-state index contributed by atoms with van der Waals surface area (Å²) >= 11 is 3.07. The van der Waals surface area contributed by atoms with E-state index < -0.39 is 0 Å². The number of thioether (sulfide) groups is 1. The van der Waals surface area contributed by atoms with Crippen LogP contribution in [0.25, 0.3) is 22.2 Å². The summed E-state index contributed by atoms with van der Waals surface area (Å²) in [5.74, 6) is 1.03. The van der Waals surface area contributed by atoms with Gasteiger partial charge >= 0.3 is 0 Å². The number of nitrogens with one attached hydrogen (secondary N) is 1. The van der Waals surface area contributed by atoms with Crippen LogP contribution in [0.4, 0.5) is 5.69 Å². The topological polar surface area (TPSA) is 59.8 Å². The number of aryl methyl sites for hydroxylation is 1. The van der Waals surface area contributed by atoms with E-state index in [0.717, 1.165) is 33.0 Å². The standard InChI is InChI=1S/C20H18N4OS2/c1-13-10-15(11-26-13)19-22-23-20(24(19)2)27-12-18(25)21-17-9-5-7-14-6-3-4-8-16(14)17/h3-11H,12H2,1-2H3,(H,21,25). The zero-order chi connectivity index (χ0) is 18.8. The van der Waals surface area contributed by atoms with Gasteiger partial charge in [0.2, 0.25) is 5.91 Å². The van der Waals surface area contributed by atoms with Gasteiger partial charge in [-0.3, -0.25) is 4.79 Å². The number of carbonyl (C=O) groups is 1. The molecule has 0 saturated heterocycles. The Kier molecular flexibility index (Phi) is 4.96. The van der Waals surface area contributed by atoms with Crippen molar-refractivity contribution in [2.24, 2.45) is 7.05 Å². The molecule has 0 saturated carbocycles. The Morgan fingerprint density at radius 3 is 2.81 bits per heavy atom. The van der Waals surface area contributed by atoms with Crippen molar-refractivity contribution in [2.75, 3.05) is 11.1 Å². The second kappa shape index (κ2) is 7.54. The largest absolute Gasteiger partial charge is 0.325 e. The maximum absolute atomic E-state index is 12.4. The first-order valence-electron chi connectivity index (χ1n) is 8.47. The number of aromatic nitrogens is 3. The molecule has 0 aliphatic rings. The number of hydrogen-bond acceptors (Lipinski definition) is 5. The van der Waals surface area contributed by atoms with Gasteiger partial charge in [-0.25, -0.2) is 0 Å². The predicted molar refractivity (Wildman–Crippen MR) is 112 cm³/mol. The lowest BCUT2D eigenvalue weighted by Gasteiger charge is -2.08. The van der Waals surface area contributed by atoms with Gasteiger partial charge in [-0.1, -0.05) is 48.2 Å². The van der Waals surface area contributed by atoms with Gasteiger partial charge in [-0.15, -0.1) is 21.5 Å². The second-order valence-electron chi connectivity index (χ2n) is 6.17. The SMILES string of the molecule is Cc1cc(-c2nnc(SCC(=O)Nc3cccc4ccccc34)n2C)cs1. The van der Waals surface area contributed by atoms with Crippen molar-refractivity contribution < 1.29 is 4.79 Å². The zero-order valence-corrected chi connectivity index (χ0v) is 16.6. The second-order valence-corrected chi connectivity index (χ2v) is 8.23. The summed E-state index contributed by atoms with van der Waals surface area (Å²) < 4.78 is 1.93. The van der Waals surface area contributed by atoms with Crippen molar-refractivity contribution in [3.63, 3.8) is 0 Å². The Balaban J connectivity index is 1.45. The maximum atomic E-state index is 12.4. The number of anilines is 1. The quantitative estimate of drug-likeness (QED) is 0.497. The molecule has 0 unspecified atom stereocenters. The van der Waals surface area contributed by atoms with E-state index in [1.165, 1.54) is 16.6 Å². The monoisotopic (exact) mass is 394 g/mol. The van der Waals surface area contributed by atoms with Crippen LogP contribution in [0.3, 0.4) is 0 Å². The smallest absolute Gasteiger partial charge is 0.234 e. The minimum atomic E-state index is -0.0627. The van der Waals surface area contributed by atoms with E-state index in [2.05, 4.69) is 33.9 Å². The van der Waals surface area contributed by atoms with Crippen molar-refractivity contribution in [1.29, 1.82) is 0 Å². The molecule has 0 fully saturated rings. The van der Waals surface area contributed by atoms with Gasteiger partial charge < -0.3 is 9.88 Å². The Labute approximate surface area is 165 Å². The van der Waals surface area contributed by atoms with Gasteiger partial charge in [-0.05, 0) is 24.4 Å². The van der Waals surface area contributed by atoms with Crippen LogP contribution >= 0.6 is 23.1 Å². The molecule has 5 nitrogen and oxygen atoms in total. The highest BCUT2D eigenvalue weighted by atomic mass is 32.2. The van der Waals surface area contributed by atoms with Crippen LogP contribution < -0.4 is 5.32 Å². The van der Waals surface area contributed by atoms with Gasteiger partial charge in [0.1, 0.15) is 0 Å². The molecule has 0 aliphatic carbocycles. The van der Waals surface area contributed by atoms with E-state index >= 15 is 0 Å². The zero-order valence-electron chi connectivity index (χ0n) is 15.0. The third kappa shape index (κ3) is 3.74. The van der Waals surface area contributed by atoms with Crippen molar-refractivity contribution in [3.8, 4) is 11.4 Å². The summed E-state index contributed by atoms with van der Waals surface area (Å²) in [6.45, 7) is 2.07. The molecule has 4 aromatic rings. The Hall–Kier alpha value is -2.64. The molecule has 1 N–H and O–H groups in total. The van der Waals surface area contributed by atoms with E-state index in [4.69, 9.17) is 0 Å². The van der Waals surface area contributed by atoms with Crippen LogP contribution in [0.15, 0.2) is 59.1 Å². The van der Waals surface area contributed by atoms with E-state index in [1.807, 2.05) is 54.1 Å². The number of benzene rings is 2. The van der Waals surface area contributed by atoms with Gasteiger partial charge in [0.15, 0.2) is 11.0 Å². The number of nitrogens with zero attached hydrogens (tertiary/aromatic N) is 3. The van der Waals surface area contributed by atoms with Crippen LogP contribution in [0.1, 0.15) is 4.88 Å². The highest BCUT2D eigenvalue weighted by molar-refractivity contribution is 7.99. The summed E-state index contributed by atoms with van der Waals surface area (Å²) in [6.07, 6.45) is 0. The van der Waals surface area contributed by atoms with Crippen molar-refractivity contribution in [3.05, 3.63) is 58.8 Å². The van der Waals surface area contributed by atoms with Gasteiger partial charge in [0.25, 0.3) is 0 Å². The van der Waals surface area contributed by atoms with E-state index in [9.17, 15) is 4.79 Å². The molecular weight excluding hydrogens is 376 g/mol. The Morgan fingerprint density at radius 1 is 1.19 bits per heavy atom. The van der Waals surface area contributed by atoms with E-state index in [1.54, 1.807) is 11.3 Å². The number of thiophene rings is 1. The van der Waals surface area contributed by atoms with Gasteiger partial charge in [0, 0.05) is 33.9 Å². The molecule has 0 aliphatic heterocycles. The molecule has 2 heterocycles. The molecule has 0 bridgehead atoms. The molecule has 136 valence electrons. The number of fused-ring (bicyclic) bond motifs is 1. The maximum Gasteiger partial charge on any atom is 0.234 e. The Morgan fingerprint density at radius 2 is 2.00 bits per heavy atom. The summed E-state index contributed by atoms with van der Waals surface area (Å²) in [5, 5.41) is 16.4. The van der Waals surface area contributed by atoms with Crippen molar-refractivity contribution in [1.82, 2.24) is 14.8 Å². The number of hydrogen-bond donors (Lipinski definition) is 1. The van der Waals surface area contributed by atoms with E-state index in [-0.39, 0.29) is 11.7 Å². The highest BCUT2D eigenvalue weighted by Crippen LogP contribution is 2.27. The van der Waals surface area contributed by atoms with Crippen LogP contribution in [0.5, 0.6) is 0 Å². The Bertz CT molecular complexity index is 1110. The van der Waals surface area contributed by atoms with Gasteiger partial charge in [-0.2, -0.15) is 0 Å². The normalized spacial score (nSPS) is 11.0. The molecular formula is C20H18N4OS2. The first-order chi connectivity index (χ1) is 13.1. The number of rotatable bonds is 5. The summed E-state index contributed by atoms with van der Waals surface area (Å²) in [7, 11) is 1.92. The molecule has 2 aromatic heterocycles. The fourth-order valence-electron chi connectivity index (χ4n) is 2.90. The molecule has 27 heavy (non-hydrogen) atoms. The molecule has 0 spiro atoms. The average Bonchev–Trinajstić information content (AvgIpc) is 3.26. The van der Waals surface area contributed by atoms with Crippen LogP contribution in [0.2, 0.25) is 0 Å². The first-order valence-corrected chi connectivity index (χ1v) is 10.3. The minimum absolute atomic E-state index is 0.0627. The predicted octanol–water partition coefficient (Wildman–Crippen LogP) is 4.74. The molecule has 0 radical (unpaired) electrons. The fourth-order valence-corrected chi connectivity index (χ4v) is 4.30. The molecule has 0 atom stereocenters. The summed E-state index contributed by atoms with van der Waals surface area (Å²) in [4.78, 5) is 13.7. The minimum Gasteiger partial charge on any atom is -0.325 e. The highest BCUT2D eigenvalue weighted by Gasteiger charge is 2.14. The average molecular weight is 395 g/mol. The van der Waals surface area contributed by atoms with Crippen LogP contribution in [-0.4, -0.2) is 26.4 Å². The van der Waals surface area contributed by atoms with E-state index in [0.29, 0.717) is 0 Å². The molecule has 2 aromatic carbocycles. The summed E-state index contributed by atoms with van der Waals surface area (Å²) in [5.41, 5.74) is 1.88. The van der Waals surface area contributed by atoms with Crippen LogP contribution in [0, 0.1) is 6.92 Å². The van der Waals surface area contributed by atoms with Gasteiger partial charge in [0.05, 0.1) is 5.75 Å². The van der Waals surface area contributed by atoms with Crippen molar-refractivity contribution in [2.45, 2.75) is 12.1 Å². The first kappa shape index (κ1) is 17.8. The molecule has 7 heteroatoms. The molecule has 4 rings (SSSR count).